The number of hydrogen-bond donors (Lipinski definition) is 0. The van der Waals surface area contributed by atoms with Gasteiger partial charge in [0.2, 0.25) is 0 Å². The van der Waals surface area contributed by atoms with E-state index in [1.165, 1.54) is 11.5 Å². The first-order chi connectivity index (χ1) is 8.08. The highest BCUT2D eigenvalue weighted by molar-refractivity contribution is 7.08. The van der Waals surface area contributed by atoms with Gasteiger partial charge < -0.3 is 4.90 Å². The average molecular weight is 267 g/mol. The first kappa shape index (κ1) is 12.1. The van der Waals surface area contributed by atoms with Gasteiger partial charge in [0.05, 0.1) is 5.69 Å². The molecule has 0 radical (unpaired) electrons. The molecule has 0 aliphatic heterocycles. The Morgan fingerprint density at radius 2 is 2.00 bits per heavy atom. The van der Waals surface area contributed by atoms with E-state index in [0.717, 1.165) is 11.4 Å². The summed E-state index contributed by atoms with van der Waals surface area (Å²) in [5.41, 5.74) is 1.67. The minimum atomic E-state index is -0.0575. The van der Waals surface area contributed by atoms with Crippen molar-refractivity contribution in [3.05, 3.63) is 45.9 Å². The molecule has 1 aromatic carbocycles. The van der Waals surface area contributed by atoms with Crippen molar-refractivity contribution in [2.45, 2.75) is 6.92 Å². The number of carbonyl (C=O) groups excluding carboxylic acids is 1. The van der Waals surface area contributed by atoms with Gasteiger partial charge in [0.1, 0.15) is 4.88 Å². The van der Waals surface area contributed by atoms with Gasteiger partial charge >= 0.3 is 0 Å². The highest BCUT2D eigenvalue weighted by Gasteiger charge is 2.15. The Bertz CT molecular complexity index is 536. The van der Waals surface area contributed by atoms with Crippen molar-refractivity contribution in [1.29, 1.82) is 0 Å². The number of aromatic nitrogens is 1. The third kappa shape index (κ3) is 2.65. The molecule has 1 aromatic heterocycles. The zero-order chi connectivity index (χ0) is 12.4. The molecule has 0 spiro atoms. The highest BCUT2D eigenvalue weighted by atomic mass is 35.5. The molecule has 0 saturated carbocycles. The summed E-state index contributed by atoms with van der Waals surface area (Å²) in [6.45, 7) is 1.87. The molecule has 0 bridgehead atoms. The van der Waals surface area contributed by atoms with E-state index in [9.17, 15) is 4.79 Å². The van der Waals surface area contributed by atoms with Gasteiger partial charge in [-0.05, 0) is 48.8 Å². The van der Waals surface area contributed by atoms with Gasteiger partial charge in [0, 0.05) is 17.8 Å². The van der Waals surface area contributed by atoms with E-state index in [1.807, 2.05) is 19.1 Å². The van der Waals surface area contributed by atoms with Crippen LogP contribution >= 0.6 is 23.1 Å². The lowest BCUT2D eigenvalue weighted by molar-refractivity contribution is 0.0997. The fourth-order valence-electron chi connectivity index (χ4n) is 1.41. The third-order valence-electron chi connectivity index (χ3n) is 2.36. The number of anilines is 1. The number of benzene rings is 1. The van der Waals surface area contributed by atoms with Crippen LogP contribution in [0.3, 0.4) is 0 Å². The lowest BCUT2D eigenvalue weighted by Gasteiger charge is -2.15. The van der Waals surface area contributed by atoms with Gasteiger partial charge in [-0.2, -0.15) is 4.37 Å². The molecular weight excluding hydrogens is 256 g/mol. The van der Waals surface area contributed by atoms with E-state index >= 15 is 0 Å². The smallest absolute Gasteiger partial charge is 0.269 e. The first-order valence-electron chi connectivity index (χ1n) is 5.05. The minimum Gasteiger partial charge on any atom is -0.311 e. The summed E-state index contributed by atoms with van der Waals surface area (Å²) >= 11 is 7.02. The maximum Gasteiger partial charge on any atom is 0.269 e. The molecule has 0 saturated heterocycles. The average Bonchev–Trinajstić information content (AvgIpc) is 2.75. The SMILES string of the molecule is Cc1cc(C(=O)N(C)c2ccc(Cl)cc2)sn1. The van der Waals surface area contributed by atoms with Crippen LogP contribution in [0.15, 0.2) is 30.3 Å². The standard InChI is InChI=1S/C12H11ClN2OS/c1-8-7-11(17-14-8)12(16)15(2)10-5-3-9(13)4-6-10/h3-7H,1-2H3. The van der Waals surface area contributed by atoms with Gasteiger partial charge in [-0.15, -0.1) is 0 Å². The van der Waals surface area contributed by atoms with Gasteiger partial charge in [-0.3, -0.25) is 4.79 Å². The van der Waals surface area contributed by atoms with E-state index in [4.69, 9.17) is 11.6 Å². The van der Waals surface area contributed by atoms with Crippen molar-refractivity contribution >= 4 is 34.7 Å². The fraction of sp³-hybridized carbons (Fsp3) is 0.167. The van der Waals surface area contributed by atoms with Crippen LogP contribution in [0.25, 0.3) is 0 Å². The summed E-state index contributed by atoms with van der Waals surface area (Å²) in [7, 11) is 1.74. The van der Waals surface area contributed by atoms with Crippen molar-refractivity contribution in [3.8, 4) is 0 Å². The number of nitrogens with zero attached hydrogens (tertiary/aromatic N) is 2. The lowest BCUT2D eigenvalue weighted by Crippen LogP contribution is -2.25. The summed E-state index contributed by atoms with van der Waals surface area (Å²) < 4.78 is 4.10. The monoisotopic (exact) mass is 266 g/mol. The molecule has 0 atom stereocenters. The molecule has 0 aliphatic carbocycles. The number of carbonyl (C=O) groups is 1. The van der Waals surface area contributed by atoms with Crippen LogP contribution in [0.1, 0.15) is 15.4 Å². The molecule has 0 fully saturated rings. The van der Waals surface area contributed by atoms with E-state index in [2.05, 4.69) is 4.37 Å². The number of hydrogen-bond acceptors (Lipinski definition) is 3. The van der Waals surface area contributed by atoms with Crippen molar-refractivity contribution in [2.24, 2.45) is 0 Å². The molecular formula is C12H11ClN2OS. The molecule has 17 heavy (non-hydrogen) atoms. The second-order valence-corrected chi connectivity index (χ2v) is 4.91. The van der Waals surface area contributed by atoms with E-state index in [-0.39, 0.29) is 5.91 Å². The normalized spacial score (nSPS) is 10.3. The Morgan fingerprint density at radius 3 is 2.53 bits per heavy atom. The van der Waals surface area contributed by atoms with Crippen LogP contribution in [-0.4, -0.2) is 17.3 Å². The lowest BCUT2D eigenvalue weighted by atomic mass is 10.3. The Balaban J connectivity index is 2.23. The molecule has 5 heteroatoms. The maximum atomic E-state index is 12.1. The summed E-state index contributed by atoms with van der Waals surface area (Å²) in [6.07, 6.45) is 0. The number of amides is 1. The predicted octanol–water partition coefficient (Wildman–Crippen LogP) is 3.38. The van der Waals surface area contributed by atoms with Gasteiger partial charge in [-0.1, -0.05) is 11.6 Å². The quantitative estimate of drug-likeness (QED) is 0.835. The number of halogens is 1. The van der Waals surface area contributed by atoms with Crippen molar-refractivity contribution in [1.82, 2.24) is 4.37 Å². The second kappa shape index (κ2) is 4.85. The molecule has 0 aliphatic rings. The Morgan fingerprint density at radius 1 is 1.35 bits per heavy atom. The first-order valence-corrected chi connectivity index (χ1v) is 6.20. The summed E-state index contributed by atoms with van der Waals surface area (Å²) in [5.74, 6) is -0.0575. The largest absolute Gasteiger partial charge is 0.311 e. The van der Waals surface area contributed by atoms with E-state index in [0.29, 0.717) is 9.90 Å². The van der Waals surface area contributed by atoms with Gasteiger partial charge in [0.15, 0.2) is 0 Å². The van der Waals surface area contributed by atoms with Crippen LogP contribution in [0.4, 0.5) is 5.69 Å². The molecule has 2 rings (SSSR count). The van der Waals surface area contributed by atoms with Gasteiger partial charge in [0.25, 0.3) is 5.91 Å². The van der Waals surface area contributed by atoms with Crippen molar-refractivity contribution in [3.63, 3.8) is 0 Å². The summed E-state index contributed by atoms with van der Waals surface area (Å²) in [6, 6.07) is 8.94. The van der Waals surface area contributed by atoms with E-state index in [1.54, 1.807) is 30.1 Å². The molecule has 2 aromatic rings. The third-order valence-corrected chi connectivity index (χ3v) is 3.48. The summed E-state index contributed by atoms with van der Waals surface area (Å²) in [4.78, 5) is 14.3. The van der Waals surface area contributed by atoms with Crippen LogP contribution in [0, 0.1) is 6.92 Å². The van der Waals surface area contributed by atoms with Crippen molar-refractivity contribution in [2.75, 3.05) is 11.9 Å². The maximum absolute atomic E-state index is 12.1. The second-order valence-electron chi connectivity index (χ2n) is 3.67. The zero-order valence-corrected chi connectivity index (χ0v) is 11.0. The predicted molar refractivity (Wildman–Crippen MR) is 71.0 cm³/mol. The number of rotatable bonds is 2. The van der Waals surface area contributed by atoms with Crippen LogP contribution in [0.2, 0.25) is 5.02 Å². The van der Waals surface area contributed by atoms with Crippen molar-refractivity contribution < 1.29 is 4.79 Å². The fourth-order valence-corrected chi connectivity index (χ4v) is 2.27. The molecule has 1 amide bonds. The molecule has 0 unspecified atom stereocenters. The Kier molecular flexibility index (Phi) is 3.45. The number of aryl methyl sites for hydroxylation is 1. The van der Waals surface area contributed by atoms with Crippen LogP contribution < -0.4 is 4.90 Å². The topological polar surface area (TPSA) is 33.2 Å². The molecule has 0 N–H and O–H groups in total. The van der Waals surface area contributed by atoms with Gasteiger partial charge in [-0.25, -0.2) is 0 Å². The zero-order valence-electron chi connectivity index (χ0n) is 9.48. The minimum absolute atomic E-state index is 0.0575. The Hall–Kier alpha value is -1.39. The Labute approximate surface area is 109 Å². The van der Waals surface area contributed by atoms with E-state index < -0.39 is 0 Å². The summed E-state index contributed by atoms with van der Waals surface area (Å²) in [5, 5.41) is 0.656. The highest BCUT2D eigenvalue weighted by Crippen LogP contribution is 2.20. The van der Waals surface area contributed by atoms with Crippen LogP contribution in [0.5, 0.6) is 0 Å². The molecule has 88 valence electrons. The molecule has 1 heterocycles. The van der Waals surface area contributed by atoms with Crippen LogP contribution in [-0.2, 0) is 0 Å². The molecule has 3 nitrogen and oxygen atoms in total.